The van der Waals surface area contributed by atoms with E-state index in [0.29, 0.717) is 22.7 Å². The number of fused-ring (bicyclic) bond motifs is 5. The molecular weight excluding hydrogens is 379 g/mol. The Balaban J connectivity index is 0.00000112. The van der Waals surface area contributed by atoms with Gasteiger partial charge in [-0.3, -0.25) is 9.36 Å². The van der Waals surface area contributed by atoms with Crippen LogP contribution in [-0.2, 0) is 5.41 Å². The third-order valence-corrected chi connectivity index (χ3v) is 7.02. The molecule has 158 valence electrons. The van der Waals surface area contributed by atoms with E-state index in [4.69, 9.17) is 7.85 Å². The molecule has 0 amide bonds. The molecule has 2 aromatic carbocycles. The monoisotopic (exact) mass is 410 g/mol. The lowest BCUT2D eigenvalue weighted by atomic mass is 9.77. The van der Waals surface area contributed by atoms with E-state index in [1.807, 2.05) is 26.0 Å². The van der Waals surface area contributed by atoms with E-state index in [0.717, 1.165) is 17.0 Å². The van der Waals surface area contributed by atoms with E-state index >= 15 is 0 Å². The molecule has 0 saturated heterocycles. The zero-order chi connectivity index (χ0) is 22.3. The second-order valence-corrected chi connectivity index (χ2v) is 9.07. The van der Waals surface area contributed by atoms with E-state index in [2.05, 4.69) is 54.3 Å². The topological polar surface area (TPSA) is 34.9 Å². The van der Waals surface area contributed by atoms with Crippen LogP contribution in [0.5, 0.6) is 0 Å². The van der Waals surface area contributed by atoms with E-state index in [-0.39, 0.29) is 11.0 Å². The van der Waals surface area contributed by atoms with Crippen molar-refractivity contribution in [1.29, 1.82) is 0 Å². The molecule has 1 aliphatic heterocycles. The number of hydrogen-bond donors (Lipinski definition) is 0. The van der Waals surface area contributed by atoms with E-state index in [1.165, 1.54) is 36.8 Å². The van der Waals surface area contributed by atoms with Crippen molar-refractivity contribution in [2.24, 2.45) is 5.92 Å². The molecule has 1 fully saturated rings. The zero-order valence-electron chi connectivity index (χ0n) is 19.1. The van der Waals surface area contributed by atoms with Gasteiger partial charge in [-0.1, -0.05) is 49.7 Å². The quantitative estimate of drug-likeness (QED) is 0.424. The number of hydrogen-bond acceptors (Lipinski definition) is 2. The van der Waals surface area contributed by atoms with Gasteiger partial charge in [0.2, 0.25) is 0 Å². The molecule has 3 nitrogen and oxygen atoms in total. The Morgan fingerprint density at radius 2 is 1.84 bits per heavy atom. The van der Waals surface area contributed by atoms with Crippen LogP contribution in [0.3, 0.4) is 0 Å². The van der Waals surface area contributed by atoms with Crippen molar-refractivity contribution in [3.63, 3.8) is 0 Å². The fraction of sp³-hybridized carbons (Fsp3) is 0.407. The molecule has 4 heteroatoms. The second kappa shape index (κ2) is 8.14. The van der Waals surface area contributed by atoms with E-state index in [1.54, 1.807) is 6.07 Å². The predicted octanol–water partition coefficient (Wildman–Crippen LogP) is 5.30. The Bertz CT molecular complexity index is 1200. The maximum absolute atomic E-state index is 12.8. The number of rotatable bonds is 2. The lowest BCUT2D eigenvalue weighted by Crippen LogP contribution is -2.26. The van der Waals surface area contributed by atoms with Gasteiger partial charge >= 0.3 is 0 Å². The Kier molecular flexibility index (Phi) is 5.68. The summed E-state index contributed by atoms with van der Waals surface area (Å²) in [5.74, 6) is 2.02. The maximum Gasteiger partial charge on any atom is 0.280 e. The van der Waals surface area contributed by atoms with Gasteiger partial charge in [-0.2, -0.15) is 4.98 Å². The summed E-state index contributed by atoms with van der Waals surface area (Å²) in [4.78, 5) is 17.2. The highest BCUT2D eigenvalue weighted by atomic mass is 16.1. The van der Waals surface area contributed by atoms with Crippen molar-refractivity contribution in [1.82, 2.24) is 9.55 Å². The van der Waals surface area contributed by atoms with Crippen LogP contribution in [0, 0.1) is 5.92 Å². The summed E-state index contributed by atoms with van der Waals surface area (Å²) in [5, 5.41) is 0.511. The smallest absolute Gasteiger partial charge is 0.280 e. The van der Waals surface area contributed by atoms with E-state index < -0.39 is 0 Å². The molecule has 0 spiro atoms. The Morgan fingerprint density at radius 3 is 2.52 bits per heavy atom. The van der Waals surface area contributed by atoms with Gasteiger partial charge < -0.3 is 0 Å². The summed E-state index contributed by atoms with van der Waals surface area (Å²) in [6.45, 7) is 12.3. The number of benzene rings is 2. The molecule has 2 aliphatic rings. The van der Waals surface area contributed by atoms with Crippen molar-refractivity contribution in [3.8, 4) is 5.69 Å². The summed E-state index contributed by atoms with van der Waals surface area (Å²) in [6, 6.07) is 12.5. The molecule has 0 unspecified atom stereocenters. The maximum atomic E-state index is 12.8. The number of allylic oxidation sites excluding steroid dienone is 1. The Morgan fingerprint density at radius 1 is 1.13 bits per heavy atom. The van der Waals surface area contributed by atoms with Gasteiger partial charge in [0.15, 0.2) is 0 Å². The molecule has 2 heterocycles. The van der Waals surface area contributed by atoms with Crippen LogP contribution in [-0.4, -0.2) is 17.4 Å². The number of aromatic nitrogens is 2. The summed E-state index contributed by atoms with van der Waals surface area (Å²) >= 11 is 0. The van der Waals surface area contributed by atoms with Crippen LogP contribution in [0.15, 0.2) is 53.8 Å². The van der Waals surface area contributed by atoms with Crippen molar-refractivity contribution in [2.45, 2.75) is 64.7 Å². The van der Waals surface area contributed by atoms with Gasteiger partial charge in [-0.05, 0) is 74.6 Å². The minimum absolute atomic E-state index is 0.242. The lowest BCUT2D eigenvalue weighted by Gasteiger charge is -2.27. The van der Waals surface area contributed by atoms with Crippen LogP contribution in [0.25, 0.3) is 16.6 Å². The molecule has 0 bridgehead atoms. The molecule has 1 aliphatic carbocycles. The highest BCUT2D eigenvalue weighted by Gasteiger charge is 2.39. The van der Waals surface area contributed by atoms with E-state index in [9.17, 15) is 4.79 Å². The first kappa shape index (κ1) is 21.6. The average Bonchev–Trinajstić information content (AvgIpc) is 3.01. The first-order valence-electron chi connectivity index (χ1n) is 11.5. The van der Waals surface area contributed by atoms with Gasteiger partial charge in [0.05, 0.1) is 22.0 Å². The second-order valence-electron chi connectivity index (χ2n) is 9.07. The highest BCUT2D eigenvalue weighted by Crippen LogP contribution is 2.45. The Hall–Kier alpha value is -2.62. The molecule has 31 heavy (non-hydrogen) atoms. The molecule has 2 radical (unpaired) electrons. The molecule has 5 rings (SSSR count). The SMILES string of the molecule is CC.[B]c1cccc2c1c(=O)nc1n2-c2cc(C3CCC(C=C)CC3)ccc2C1(C)C. The van der Waals surface area contributed by atoms with Crippen molar-refractivity contribution in [3.05, 3.63) is 76.4 Å². The predicted molar refractivity (Wildman–Crippen MR) is 131 cm³/mol. The van der Waals surface area contributed by atoms with Crippen molar-refractivity contribution < 1.29 is 0 Å². The lowest BCUT2D eigenvalue weighted by molar-refractivity contribution is 0.376. The molecular formula is C27H31BN2O. The average molecular weight is 410 g/mol. The molecule has 1 aromatic heterocycles. The number of nitrogens with zero attached hydrogens (tertiary/aromatic N) is 2. The molecule has 0 N–H and O–H groups in total. The van der Waals surface area contributed by atoms with Gasteiger partial charge in [0.1, 0.15) is 13.7 Å². The van der Waals surface area contributed by atoms with Crippen molar-refractivity contribution >= 4 is 24.2 Å². The van der Waals surface area contributed by atoms with Gasteiger partial charge in [-0.25, -0.2) is 0 Å². The fourth-order valence-corrected chi connectivity index (χ4v) is 5.28. The minimum atomic E-state index is -0.327. The standard InChI is InChI=1S/C25H25BN2O.C2H6/c1-4-15-8-10-16(11-9-15)17-12-13-18-21(14-17)28-20-7-5-6-19(26)22(20)23(29)27-24(28)25(18,2)3;1-2/h4-7,12-16H,1,8-11H2,2-3H3;1-2H3. The van der Waals surface area contributed by atoms with Gasteiger partial charge in [-0.15, -0.1) is 6.58 Å². The molecule has 1 saturated carbocycles. The Labute approximate surface area is 186 Å². The first-order valence-corrected chi connectivity index (χ1v) is 11.5. The summed E-state index contributed by atoms with van der Waals surface area (Å²) in [5.41, 5.74) is 4.49. The van der Waals surface area contributed by atoms with Crippen LogP contribution in [0.4, 0.5) is 0 Å². The summed E-state index contributed by atoms with van der Waals surface area (Å²) in [6.07, 6.45) is 6.92. The zero-order valence-corrected chi connectivity index (χ0v) is 19.1. The van der Waals surface area contributed by atoms with Crippen LogP contribution >= 0.6 is 0 Å². The molecule has 0 atom stereocenters. The van der Waals surface area contributed by atoms with Crippen LogP contribution < -0.4 is 11.0 Å². The first-order chi connectivity index (χ1) is 14.9. The van der Waals surface area contributed by atoms with Gasteiger partial charge in [0.25, 0.3) is 5.56 Å². The van der Waals surface area contributed by atoms with Crippen LogP contribution in [0.2, 0.25) is 0 Å². The normalized spacial score (nSPS) is 21.0. The van der Waals surface area contributed by atoms with Crippen LogP contribution in [0.1, 0.15) is 76.2 Å². The van der Waals surface area contributed by atoms with Gasteiger partial charge in [0, 0.05) is 0 Å². The van der Waals surface area contributed by atoms with Crippen molar-refractivity contribution in [2.75, 3.05) is 0 Å². The molecule has 3 aromatic rings. The fourth-order valence-electron chi connectivity index (χ4n) is 5.28. The summed E-state index contributed by atoms with van der Waals surface area (Å²) < 4.78 is 2.15. The minimum Gasteiger partial charge on any atom is -0.297 e. The third-order valence-electron chi connectivity index (χ3n) is 7.02. The largest absolute Gasteiger partial charge is 0.297 e. The highest BCUT2D eigenvalue weighted by molar-refractivity contribution is 6.38. The third kappa shape index (κ3) is 3.37. The summed E-state index contributed by atoms with van der Waals surface area (Å²) in [7, 11) is 6.15.